The maximum absolute atomic E-state index is 14.2. The first-order chi connectivity index (χ1) is 19.8. The first-order valence-electron chi connectivity index (χ1n) is 14.7. The SMILES string of the molecule is CCCCc1cn(-c2c(CCC)cccc2C(C)(C)C)c(=O)n1Cc1ccc(-c2ccccc2-c2nn[nH]n2)cc1. The van der Waals surface area contributed by atoms with E-state index < -0.39 is 0 Å². The van der Waals surface area contributed by atoms with Crippen molar-refractivity contribution in [1.82, 2.24) is 29.8 Å². The number of imidazole rings is 1. The number of tetrazole rings is 1. The second-order valence-corrected chi connectivity index (χ2v) is 11.8. The largest absolute Gasteiger partial charge is 0.333 e. The normalized spacial score (nSPS) is 11.7. The molecule has 1 N–H and O–H groups in total. The lowest BCUT2D eigenvalue weighted by molar-refractivity contribution is 0.583. The van der Waals surface area contributed by atoms with Crippen LogP contribution in [0.3, 0.4) is 0 Å². The molecule has 212 valence electrons. The Hall–Kier alpha value is -4.26. The van der Waals surface area contributed by atoms with Gasteiger partial charge in [0.2, 0.25) is 5.82 Å². The number of nitrogens with zero attached hydrogens (tertiary/aromatic N) is 5. The van der Waals surface area contributed by atoms with Crippen molar-refractivity contribution in [2.45, 2.75) is 78.7 Å². The monoisotopic (exact) mass is 548 g/mol. The van der Waals surface area contributed by atoms with Gasteiger partial charge >= 0.3 is 5.69 Å². The number of rotatable bonds is 10. The summed E-state index contributed by atoms with van der Waals surface area (Å²) in [5.74, 6) is 0.566. The van der Waals surface area contributed by atoms with E-state index in [0.717, 1.165) is 65.7 Å². The molecule has 0 saturated carbocycles. The third-order valence-electron chi connectivity index (χ3n) is 7.66. The minimum atomic E-state index is -0.0855. The van der Waals surface area contributed by atoms with Gasteiger partial charge < -0.3 is 0 Å². The van der Waals surface area contributed by atoms with Crippen LogP contribution < -0.4 is 5.69 Å². The summed E-state index contributed by atoms with van der Waals surface area (Å²) in [4.78, 5) is 14.2. The molecule has 0 amide bonds. The molecular formula is C34H40N6O. The molecule has 0 atom stereocenters. The molecule has 0 aliphatic carbocycles. The number of para-hydroxylation sites is 1. The average molecular weight is 549 g/mol. The highest BCUT2D eigenvalue weighted by atomic mass is 16.1. The maximum atomic E-state index is 14.2. The van der Waals surface area contributed by atoms with E-state index in [0.29, 0.717) is 12.4 Å². The number of aromatic amines is 1. The highest BCUT2D eigenvalue weighted by molar-refractivity contribution is 5.80. The van der Waals surface area contributed by atoms with E-state index in [1.807, 2.05) is 27.3 Å². The van der Waals surface area contributed by atoms with E-state index in [2.05, 4.69) is 110 Å². The van der Waals surface area contributed by atoms with Crippen LogP contribution in [-0.4, -0.2) is 29.8 Å². The molecule has 7 heteroatoms. The lowest BCUT2D eigenvalue weighted by Gasteiger charge is -2.25. The summed E-state index contributed by atoms with van der Waals surface area (Å²) in [7, 11) is 0. The highest BCUT2D eigenvalue weighted by Gasteiger charge is 2.24. The summed E-state index contributed by atoms with van der Waals surface area (Å²) in [5.41, 5.74) is 8.61. The number of H-pyrrole nitrogens is 1. The zero-order chi connectivity index (χ0) is 29.0. The smallest absolute Gasteiger partial charge is 0.292 e. The molecular weight excluding hydrogens is 508 g/mol. The van der Waals surface area contributed by atoms with Gasteiger partial charge in [0.15, 0.2) is 0 Å². The topological polar surface area (TPSA) is 81.4 Å². The van der Waals surface area contributed by atoms with E-state index in [1.165, 1.54) is 11.1 Å². The Morgan fingerprint density at radius 2 is 1.61 bits per heavy atom. The average Bonchev–Trinajstić information content (AvgIpc) is 3.61. The van der Waals surface area contributed by atoms with Crippen LogP contribution in [0, 0.1) is 0 Å². The van der Waals surface area contributed by atoms with Crippen LogP contribution in [0.5, 0.6) is 0 Å². The molecule has 0 radical (unpaired) electrons. The summed E-state index contributed by atoms with van der Waals surface area (Å²) >= 11 is 0. The standard InChI is InChI=1S/C34H40N6O/c1-6-8-14-27-23-40(31-26(12-7-2)13-11-17-30(31)34(3,4)5)33(41)39(27)22-24-18-20-25(21-19-24)28-15-9-10-16-29(28)32-35-37-38-36-32/h9-11,13,15-21,23H,6-8,12,14,22H2,1-5H3,(H,35,36,37,38). The van der Waals surface area contributed by atoms with Gasteiger partial charge in [-0.25, -0.2) is 4.79 Å². The molecule has 5 rings (SSSR count). The molecule has 0 unspecified atom stereocenters. The molecule has 0 bridgehead atoms. The molecule has 2 heterocycles. The predicted molar refractivity (Wildman–Crippen MR) is 165 cm³/mol. The quantitative estimate of drug-likeness (QED) is 0.201. The number of unbranched alkanes of at least 4 members (excludes halogenated alkanes) is 1. The van der Waals surface area contributed by atoms with Crippen LogP contribution >= 0.6 is 0 Å². The van der Waals surface area contributed by atoms with Gasteiger partial charge in [-0.3, -0.25) is 9.13 Å². The van der Waals surface area contributed by atoms with Crippen molar-refractivity contribution in [3.8, 4) is 28.2 Å². The molecule has 5 aromatic rings. The van der Waals surface area contributed by atoms with Crippen molar-refractivity contribution in [1.29, 1.82) is 0 Å². The number of nitrogens with one attached hydrogen (secondary N) is 1. The molecule has 41 heavy (non-hydrogen) atoms. The van der Waals surface area contributed by atoms with Crippen molar-refractivity contribution in [3.63, 3.8) is 0 Å². The van der Waals surface area contributed by atoms with E-state index >= 15 is 0 Å². The Balaban J connectivity index is 1.54. The highest BCUT2D eigenvalue weighted by Crippen LogP contribution is 2.32. The van der Waals surface area contributed by atoms with Crippen LogP contribution in [-0.2, 0) is 24.8 Å². The van der Waals surface area contributed by atoms with Gasteiger partial charge in [-0.1, -0.05) is 114 Å². The summed E-state index contributed by atoms with van der Waals surface area (Å²) in [5, 5.41) is 14.6. The zero-order valence-corrected chi connectivity index (χ0v) is 24.8. The Labute approximate surface area is 242 Å². The fourth-order valence-electron chi connectivity index (χ4n) is 5.54. The van der Waals surface area contributed by atoms with Gasteiger partial charge in [-0.15, -0.1) is 10.2 Å². The third-order valence-corrected chi connectivity index (χ3v) is 7.66. The van der Waals surface area contributed by atoms with Crippen molar-refractivity contribution in [3.05, 3.63) is 106 Å². The van der Waals surface area contributed by atoms with Gasteiger partial charge in [0.1, 0.15) is 0 Å². The Morgan fingerprint density at radius 3 is 2.27 bits per heavy atom. The molecule has 0 fully saturated rings. The van der Waals surface area contributed by atoms with Gasteiger partial charge in [0.25, 0.3) is 0 Å². The summed E-state index contributed by atoms with van der Waals surface area (Å²) < 4.78 is 3.89. The second kappa shape index (κ2) is 12.1. The van der Waals surface area contributed by atoms with Crippen LogP contribution in [0.15, 0.2) is 77.7 Å². The van der Waals surface area contributed by atoms with Crippen molar-refractivity contribution >= 4 is 0 Å². The number of aromatic nitrogens is 6. The maximum Gasteiger partial charge on any atom is 0.333 e. The summed E-state index contributed by atoms with van der Waals surface area (Å²) in [6, 6.07) is 23.0. The molecule has 0 aliphatic rings. The summed E-state index contributed by atoms with van der Waals surface area (Å²) in [6.45, 7) is 11.6. The van der Waals surface area contributed by atoms with Crippen molar-refractivity contribution in [2.75, 3.05) is 0 Å². The second-order valence-electron chi connectivity index (χ2n) is 11.8. The third kappa shape index (κ3) is 5.94. The molecule has 7 nitrogen and oxygen atoms in total. The molecule has 3 aromatic carbocycles. The Morgan fingerprint density at radius 1 is 0.854 bits per heavy atom. The van der Waals surface area contributed by atoms with Gasteiger partial charge in [-0.05, 0) is 57.7 Å². The predicted octanol–water partition coefficient (Wildman–Crippen LogP) is 7.13. The van der Waals surface area contributed by atoms with Crippen molar-refractivity contribution in [2.24, 2.45) is 0 Å². The minimum Gasteiger partial charge on any atom is -0.292 e. The lowest BCUT2D eigenvalue weighted by atomic mass is 9.84. The van der Waals surface area contributed by atoms with Crippen LogP contribution in [0.25, 0.3) is 28.2 Å². The van der Waals surface area contributed by atoms with Gasteiger partial charge in [0, 0.05) is 17.5 Å². The van der Waals surface area contributed by atoms with Gasteiger partial charge in [0.05, 0.1) is 12.2 Å². The fourth-order valence-corrected chi connectivity index (χ4v) is 5.54. The van der Waals surface area contributed by atoms with Gasteiger partial charge in [-0.2, -0.15) is 5.21 Å². The molecule has 0 aliphatic heterocycles. The minimum absolute atomic E-state index is 0.0247. The van der Waals surface area contributed by atoms with E-state index in [4.69, 9.17) is 0 Å². The lowest BCUT2D eigenvalue weighted by Crippen LogP contribution is -2.27. The van der Waals surface area contributed by atoms with Crippen LogP contribution in [0.2, 0.25) is 0 Å². The van der Waals surface area contributed by atoms with E-state index in [-0.39, 0.29) is 11.1 Å². The molecule has 2 aromatic heterocycles. The van der Waals surface area contributed by atoms with Crippen LogP contribution in [0.1, 0.15) is 76.3 Å². The Kier molecular flexibility index (Phi) is 8.34. The summed E-state index contributed by atoms with van der Waals surface area (Å²) in [6.07, 6.45) is 7.05. The fraction of sp³-hybridized carbons (Fsp3) is 0.353. The van der Waals surface area contributed by atoms with E-state index in [1.54, 1.807) is 0 Å². The zero-order valence-electron chi connectivity index (χ0n) is 24.8. The number of benzene rings is 3. The number of aryl methyl sites for hydroxylation is 2. The first-order valence-corrected chi connectivity index (χ1v) is 14.7. The first kappa shape index (κ1) is 28.3. The van der Waals surface area contributed by atoms with Crippen LogP contribution in [0.4, 0.5) is 0 Å². The Bertz CT molecular complexity index is 1650. The number of hydrogen-bond donors (Lipinski definition) is 1. The van der Waals surface area contributed by atoms with Crippen molar-refractivity contribution < 1.29 is 0 Å². The molecule has 0 saturated heterocycles. The van der Waals surface area contributed by atoms with E-state index in [9.17, 15) is 4.79 Å². The number of hydrogen-bond acceptors (Lipinski definition) is 4. The molecule has 0 spiro atoms.